The van der Waals surface area contributed by atoms with E-state index in [4.69, 9.17) is 15.2 Å². The predicted molar refractivity (Wildman–Crippen MR) is 84.3 cm³/mol. The highest BCUT2D eigenvalue weighted by atomic mass is 79.9. The van der Waals surface area contributed by atoms with Crippen LogP contribution in [-0.2, 0) is 6.42 Å². The lowest BCUT2D eigenvalue weighted by Gasteiger charge is -2.11. The average molecular weight is 336 g/mol. The molecule has 0 bridgehead atoms. The molecule has 0 radical (unpaired) electrons. The molecular formula is C16H18BrNO2. The minimum atomic E-state index is 0.512. The van der Waals surface area contributed by atoms with Crippen LogP contribution in [0.3, 0.4) is 0 Å². The van der Waals surface area contributed by atoms with Crippen molar-refractivity contribution in [3.05, 3.63) is 58.6 Å². The van der Waals surface area contributed by atoms with Gasteiger partial charge in [0.05, 0.1) is 0 Å². The molecule has 0 aliphatic heterocycles. The van der Waals surface area contributed by atoms with E-state index in [1.807, 2.05) is 48.5 Å². The van der Waals surface area contributed by atoms with Gasteiger partial charge >= 0.3 is 0 Å². The number of nitrogens with two attached hydrogens (primary N) is 1. The molecule has 2 N–H and O–H groups in total. The molecule has 0 unspecified atom stereocenters. The summed E-state index contributed by atoms with van der Waals surface area (Å²) in [5, 5.41) is 0. The van der Waals surface area contributed by atoms with Crippen molar-refractivity contribution >= 4 is 15.9 Å². The van der Waals surface area contributed by atoms with Crippen LogP contribution in [0.1, 0.15) is 5.56 Å². The number of benzene rings is 2. The molecule has 0 spiro atoms. The van der Waals surface area contributed by atoms with Gasteiger partial charge in [0.15, 0.2) is 0 Å². The molecule has 0 amide bonds. The zero-order valence-corrected chi connectivity index (χ0v) is 12.8. The summed E-state index contributed by atoms with van der Waals surface area (Å²) in [6.45, 7) is 1.64. The van der Waals surface area contributed by atoms with Crippen molar-refractivity contribution in [1.29, 1.82) is 0 Å². The molecule has 0 aliphatic rings. The molecule has 0 saturated heterocycles. The van der Waals surface area contributed by atoms with E-state index in [2.05, 4.69) is 15.9 Å². The maximum Gasteiger partial charge on any atom is 0.122 e. The molecule has 0 heterocycles. The van der Waals surface area contributed by atoms with Gasteiger partial charge in [-0.05, 0) is 48.9 Å². The lowest BCUT2D eigenvalue weighted by molar-refractivity contribution is 0.216. The molecule has 0 aliphatic carbocycles. The molecule has 2 rings (SSSR count). The summed E-state index contributed by atoms with van der Waals surface area (Å²) in [5.41, 5.74) is 6.73. The van der Waals surface area contributed by atoms with Gasteiger partial charge < -0.3 is 15.2 Å². The zero-order chi connectivity index (χ0) is 14.2. The highest BCUT2D eigenvalue weighted by molar-refractivity contribution is 9.10. The van der Waals surface area contributed by atoms with Gasteiger partial charge in [0.2, 0.25) is 0 Å². The molecule has 20 heavy (non-hydrogen) atoms. The molecule has 0 aromatic heterocycles. The first-order valence-corrected chi connectivity index (χ1v) is 7.38. The summed E-state index contributed by atoms with van der Waals surface area (Å²) in [4.78, 5) is 0. The summed E-state index contributed by atoms with van der Waals surface area (Å²) >= 11 is 3.39. The van der Waals surface area contributed by atoms with Gasteiger partial charge in [0.25, 0.3) is 0 Å². The first-order chi connectivity index (χ1) is 9.79. The molecule has 2 aromatic rings. The van der Waals surface area contributed by atoms with Crippen molar-refractivity contribution in [1.82, 2.24) is 0 Å². The van der Waals surface area contributed by atoms with E-state index >= 15 is 0 Å². The number of halogens is 1. The molecule has 2 aromatic carbocycles. The van der Waals surface area contributed by atoms with E-state index in [0.29, 0.717) is 19.8 Å². The van der Waals surface area contributed by atoms with Crippen LogP contribution >= 0.6 is 15.9 Å². The summed E-state index contributed by atoms with van der Waals surface area (Å²) in [6.07, 6.45) is 0.823. The second-order valence-corrected chi connectivity index (χ2v) is 5.21. The van der Waals surface area contributed by atoms with Gasteiger partial charge in [-0.15, -0.1) is 0 Å². The maximum absolute atomic E-state index is 5.75. The fourth-order valence-electron chi connectivity index (χ4n) is 1.85. The van der Waals surface area contributed by atoms with Gasteiger partial charge in [-0.3, -0.25) is 0 Å². The SMILES string of the molecule is NCCc1ccccc1OCCOc1ccc(Br)cc1. The Morgan fingerprint density at radius 2 is 1.60 bits per heavy atom. The van der Waals surface area contributed by atoms with E-state index < -0.39 is 0 Å². The Bertz CT molecular complexity index is 528. The first-order valence-electron chi connectivity index (χ1n) is 6.59. The number of para-hydroxylation sites is 1. The van der Waals surface area contributed by atoms with Crippen molar-refractivity contribution in [2.24, 2.45) is 5.73 Å². The fraction of sp³-hybridized carbons (Fsp3) is 0.250. The van der Waals surface area contributed by atoms with E-state index in [1.165, 1.54) is 0 Å². The average Bonchev–Trinajstić information content (AvgIpc) is 2.47. The lowest BCUT2D eigenvalue weighted by atomic mass is 10.1. The van der Waals surface area contributed by atoms with E-state index in [-0.39, 0.29) is 0 Å². The monoisotopic (exact) mass is 335 g/mol. The lowest BCUT2D eigenvalue weighted by Crippen LogP contribution is -2.11. The molecular weight excluding hydrogens is 318 g/mol. The minimum absolute atomic E-state index is 0.512. The smallest absolute Gasteiger partial charge is 0.122 e. The van der Waals surface area contributed by atoms with Crippen LogP contribution in [0.15, 0.2) is 53.0 Å². The molecule has 3 nitrogen and oxygen atoms in total. The summed E-state index contributed by atoms with van der Waals surface area (Å²) in [7, 11) is 0. The highest BCUT2D eigenvalue weighted by Gasteiger charge is 2.02. The summed E-state index contributed by atoms with van der Waals surface area (Å²) in [5.74, 6) is 1.73. The Hall–Kier alpha value is -1.52. The Labute approximate surface area is 127 Å². The molecule has 106 valence electrons. The van der Waals surface area contributed by atoms with Crippen LogP contribution in [0.2, 0.25) is 0 Å². The predicted octanol–water partition coefficient (Wildman–Crippen LogP) is 3.41. The van der Waals surface area contributed by atoms with Crippen LogP contribution < -0.4 is 15.2 Å². The van der Waals surface area contributed by atoms with Crippen LogP contribution in [-0.4, -0.2) is 19.8 Å². The van der Waals surface area contributed by atoms with Crippen molar-refractivity contribution in [3.63, 3.8) is 0 Å². The zero-order valence-electron chi connectivity index (χ0n) is 11.2. The summed E-state index contributed by atoms with van der Waals surface area (Å²) < 4.78 is 12.4. The minimum Gasteiger partial charge on any atom is -0.490 e. The van der Waals surface area contributed by atoms with Crippen LogP contribution in [0.4, 0.5) is 0 Å². The van der Waals surface area contributed by atoms with Gasteiger partial charge in [-0.2, -0.15) is 0 Å². The van der Waals surface area contributed by atoms with E-state index in [1.54, 1.807) is 0 Å². The Morgan fingerprint density at radius 1 is 0.900 bits per heavy atom. The quantitative estimate of drug-likeness (QED) is 0.788. The van der Waals surface area contributed by atoms with Crippen LogP contribution in [0.25, 0.3) is 0 Å². The van der Waals surface area contributed by atoms with Crippen molar-refractivity contribution in [3.8, 4) is 11.5 Å². The standard InChI is InChI=1S/C16H18BrNO2/c17-14-5-7-15(8-6-14)19-11-12-20-16-4-2-1-3-13(16)9-10-18/h1-8H,9-12,18H2. The normalized spacial score (nSPS) is 10.3. The third-order valence-electron chi connectivity index (χ3n) is 2.81. The number of hydrogen-bond acceptors (Lipinski definition) is 3. The van der Waals surface area contributed by atoms with Gasteiger partial charge in [0, 0.05) is 4.47 Å². The first kappa shape index (κ1) is 14.9. The topological polar surface area (TPSA) is 44.5 Å². The Morgan fingerprint density at radius 3 is 2.35 bits per heavy atom. The fourth-order valence-corrected chi connectivity index (χ4v) is 2.11. The number of hydrogen-bond donors (Lipinski definition) is 1. The Balaban J connectivity index is 1.79. The second-order valence-electron chi connectivity index (χ2n) is 4.30. The van der Waals surface area contributed by atoms with Crippen LogP contribution in [0, 0.1) is 0 Å². The van der Waals surface area contributed by atoms with Gasteiger partial charge in [-0.1, -0.05) is 34.1 Å². The Kier molecular flexibility index (Phi) is 5.89. The number of ether oxygens (including phenoxy) is 2. The highest BCUT2D eigenvalue weighted by Crippen LogP contribution is 2.19. The second kappa shape index (κ2) is 7.92. The summed E-state index contributed by atoms with van der Waals surface area (Å²) in [6, 6.07) is 15.7. The molecule has 4 heteroatoms. The van der Waals surface area contributed by atoms with Crippen molar-refractivity contribution in [2.45, 2.75) is 6.42 Å². The van der Waals surface area contributed by atoms with Gasteiger partial charge in [0.1, 0.15) is 24.7 Å². The molecule has 0 atom stereocenters. The number of rotatable bonds is 7. The van der Waals surface area contributed by atoms with Crippen LogP contribution in [0.5, 0.6) is 11.5 Å². The molecule has 0 saturated carbocycles. The van der Waals surface area contributed by atoms with Gasteiger partial charge in [-0.25, -0.2) is 0 Å². The molecule has 0 fully saturated rings. The van der Waals surface area contributed by atoms with Crippen molar-refractivity contribution < 1.29 is 9.47 Å². The third kappa shape index (κ3) is 4.54. The van der Waals surface area contributed by atoms with E-state index in [9.17, 15) is 0 Å². The third-order valence-corrected chi connectivity index (χ3v) is 3.34. The van der Waals surface area contributed by atoms with E-state index in [0.717, 1.165) is 28.0 Å². The van der Waals surface area contributed by atoms with Crippen molar-refractivity contribution in [2.75, 3.05) is 19.8 Å². The largest absolute Gasteiger partial charge is 0.490 e. The maximum atomic E-state index is 5.75.